The normalized spacial score (nSPS) is 26.4. The lowest BCUT2D eigenvalue weighted by molar-refractivity contribution is -0.150. The molecule has 1 aliphatic carbocycles. The summed E-state index contributed by atoms with van der Waals surface area (Å²) in [5.41, 5.74) is 2.13. The van der Waals surface area contributed by atoms with E-state index in [0.717, 1.165) is 12.2 Å². The molecule has 1 saturated carbocycles. The molecule has 2 rings (SSSR count). The predicted molar refractivity (Wildman–Crippen MR) is 77.7 cm³/mol. The van der Waals surface area contributed by atoms with Crippen molar-refractivity contribution in [1.29, 1.82) is 0 Å². The summed E-state index contributed by atoms with van der Waals surface area (Å²) in [4.78, 5) is 11.8. The first kappa shape index (κ1) is 14.1. The molecule has 2 heteroatoms. The van der Waals surface area contributed by atoms with Gasteiger partial charge >= 0.3 is 0 Å². The topological polar surface area (TPSA) is 26.3 Å². The second kappa shape index (κ2) is 4.99. The molecule has 0 N–H and O–H groups in total. The van der Waals surface area contributed by atoms with Gasteiger partial charge in [-0.1, -0.05) is 32.9 Å². The summed E-state index contributed by atoms with van der Waals surface area (Å²) in [5, 5.41) is 0. The van der Waals surface area contributed by atoms with Gasteiger partial charge < -0.3 is 4.74 Å². The summed E-state index contributed by atoms with van der Waals surface area (Å²) in [5.74, 6) is 1.71. The number of ether oxygens (including phenoxy) is 1. The Morgan fingerprint density at radius 1 is 1.42 bits per heavy atom. The van der Waals surface area contributed by atoms with Crippen molar-refractivity contribution in [3.8, 4) is 5.75 Å². The van der Waals surface area contributed by atoms with E-state index in [4.69, 9.17) is 4.74 Å². The zero-order chi connectivity index (χ0) is 14.2. The highest BCUT2D eigenvalue weighted by Crippen LogP contribution is 2.43. The molecule has 0 amide bonds. The molecule has 0 radical (unpaired) electrons. The summed E-state index contributed by atoms with van der Waals surface area (Å²) in [7, 11) is 0. The zero-order valence-corrected chi connectivity index (χ0v) is 12.6. The predicted octanol–water partition coefficient (Wildman–Crippen LogP) is 4.25. The van der Waals surface area contributed by atoms with Crippen molar-refractivity contribution in [2.75, 3.05) is 0 Å². The maximum absolute atomic E-state index is 11.8. The molecule has 0 aromatic heterocycles. The highest BCUT2D eigenvalue weighted by atomic mass is 16.5. The average Bonchev–Trinajstić information content (AvgIpc) is 2.37. The second-order valence-corrected chi connectivity index (χ2v) is 6.20. The van der Waals surface area contributed by atoms with Gasteiger partial charge in [-0.25, -0.2) is 0 Å². The summed E-state index contributed by atoms with van der Waals surface area (Å²) >= 11 is 0. The Balaban J connectivity index is 2.24. The van der Waals surface area contributed by atoms with E-state index in [2.05, 4.69) is 45.9 Å². The fourth-order valence-corrected chi connectivity index (χ4v) is 2.65. The number of carbonyl (C=O) groups is 1. The van der Waals surface area contributed by atoms with Gasteiger partial charge in [-0.3, -0.25) is 4.79 Å². The third-order valence-corrected chi connectivity index (χ3v) is 4.51. The van der Waals surface area contributed by atoms with Gasteiger partial charge in [0.05, 0.1) is 5.41 Å². The van der Waals surface area contributed by atoms with E-state index in [1.807, 2.05) is 6.92 Å². The largest absolute Gasteiger partial charge is 0.489 e. The van der Waals surface area contributed by atoms with Gasteiger partial charge in [0.1, 0.15) is 17.6 Å². The lowest BCUT2D eigenvalue weighted by Crippen LogP contribution is -2.54. The van der Waals surface area contributed by atoms with Crippen molar-refractivity contribution >= 4 is 5.78 Å². The maximum Gasteiger partial charge on any atom is 0.146 e. The highest BCUT2D eigenvalue weighted by Gasteiger charge is 2.51. The minimum Gasteiger partial charge on any atom is -0.489 e. The van der Waals surface area contributed by atoms with Crippen LogP contribution in [0.3, 0.4) is 0 Å². The summed E-state index contributed by atoms with van der Waals surface area (Å²) in [6.07, 6.45) is 1.43. The summed E-state index contributed by atoms with van der Waals surface area (Å²) in [6.45, 7) is 10.5. The lowest BCUT2D eigenvalue weighted by atomic mass is 9.64. The van der Waals surface area contributed by atoms with Gasteiger partial charge in [-0.15, -0.1) is 0 Å². The van der Waals surface area contributed by atoms with E-state index < -0.39 is 0 Å². The Kier molecular flexibility index (Phi) is 3.71. The minimum atomic E-state index is -0.294. The molecule has 104 valence electrons. The van der Waals surface area contributed by atoms with Crippen LogP contribution in [0.2, 0.25) is 0 Å². The zero-order valence-electron chi connectivity index (χ0n) is 12.6. The third kappa shape index (κ3) is 2.41. The molecule has 2 nitrogen and oxygen atoms in total. The number of aryl methyl sites for hydroxylation is 1. The van der Waals surface area contributed by atoms with Crippen LogP contribution in [0.4, 0.5) is 0 Å². The van der Waals surface area contributed by atoms with Gasteiger partial charge in [-0.05, 0) is 43.4 Å². The van der Waals surface area contributed by atoms with E-state index in [9.17, 15) is 4.79 Å². The minimum absolute atomic E-state index is 0.0318. The first-order chi connectivity index (χ1) is 8.88. The number of rotatable bonds is 4. The maximum atomic E-state index is 11.8. The van der Waals surface area contributed by atoms with Crippen LogP contribution in [0.15, 0.2) is 18.2 Å². The molecule has 1 aliphatic rings. The molecular weight excluding hydrogens is 236 g/mol. The van der Waals surface area contributed by atoms with Crippen LogP contribution in [0.1, 0.15) is 57.6 Å². The van der Waals surface area contributed by atoms with Crippen molar-refractivity contribution in [3.63, 3.8) is 0 Å². The van der Waals surface area contributed by atoms with Gasteiger partial charge in [0.15, 0.2) is 0 Å². The van der Waals surface area contributed by atoms with E-state index in [1.165, 1.54) is 11.1 Å². The number of hydrogen-bond donors (Lipinski definition) is 0. The quantitative estimate of drug-likeness (QED) is 0.808. The lowest BCUT2D eigenvalue weighted by Gasteiger charge is -2.44. The van der Waals surface area contributed by atoms with Crippen molar-refractivity contribution < 1.29 is 9.53 Å². The Morgan fingerprint density at radius 3 is 2.63 bits per heavy atom. The molecule has 19 heavy (non-hydrogen) atoms. The first-order valence-electron chi connectivity index (χ1n) is 7.19. The number of carbonyl (C=O) groups excluding carboxylic acids is 1. The molecule has 0 spiro atoms. The Morgan fingerprint density at radius 2 is 2.11 bits per heavy atom. The van der Waals surface area contributed by atoms with Crippen molar-refractivity contribution in [1.82, 2.24) is 0 Å². The molecule has 1 aromatic rings. The molecular formula is C17H24O2. The van der Waals surface area contributed by atoms with Crippen molar-refractivity contribution in [2.24, 2.45) is 5.41 Å². The second-order valence-electron chi connectivity index (χ2n) is 6.20. The number of benzene rings is 1. The Labute approximate surface area is 116 Å². The molecule has 0 heterocycles. The standard InChI is InChI=1S/C17H24O2/c1-6-17(5)15(18)10-16(17)19-14-9-12(4)7-8-13(14)11(2)3/h7-9,11,16H,6,10H2,1-5H3. The van der Waals surface area contributed by atoms with Gasteiger partial charge in [0, 0.05) is 6.42 Å². The SMILES string of the molecule is CCC1(C)C(=O)CC1Oc1cc(C)ccc1C(C)C. The third-order valence-electron chi connectivity index (χ3n) is 4.51. The van der Waals surface area contributed by atoms with E-state index in [1.54, 1.807) is 0 Å². The first-order valence-corrected chi connectivity index (χ1v) is 7.19. The summed E-state index contributed by atoms with van der Waals surface area (Å²) in [6, 6.07) is 6.35. The van der Waals surface area contributed by atoms with Crippen LogP contribution in [0.25, 0.3) is 0 Å². The number of Topliss-reactive ketones (excluding diaryl/α,β-unsaturated/α-hetero) is 1. The van der Waals surface area contributed by atoms with Crippen LogP contribution in [0, 0.1) is 12.3 Å². The molecule has 1 fully saturated rings. The fourth-order valence-electron chi connectivity index (χ4n) is 2.65. The van der Waals surface area contributed by atoms with E-state index in [0.29, 0.717) is 18.1 Å². The van der Waals surface area contributed by atoms with Crippen LogP contribution < -0.4 is 4.74 Å². The number of hydrogen-bond acceptors (Lipinski definition) is 2. The van der Waals surface area contributed by atoms with Crippen molar-refractivity contribution in [2.45, 2.75) is 59.5 Å². The molecule has 2 atom stereocenters. The van der Waals surface area contributed by atoms with E-state index in [-0.39, 0.29) is 11.5 Å². The highest BCUT2D eigenvalue weighted by molar-refractivity contribution is 5.92. The molecule has 1 aromatic carbocycles. The average molecular weight is 260 g/mol. The summed E-state index contributed by atoms with van der Waals surface area (Å²) < 4.78 is 6.18. The van der Waals surface area contributed by atoms with Gasteiger partial charge in [0.2, 0.25) is 0 Å². The van der Waals surface area contributed by atoms with Crippen LogP contribution in [-0.2, 0) is 4.79 Å². The smallest absolute Gasteiger partial charge is 0.146 e. The molecule has 2 unspecified atom stereocenters. The van der Waals surface area contributed by atoms with E-state index >= 15 is 0 Å². The van der Waals surface area contributed by atoms with Gasteiger partial charge in [0.25, 0.3) is 0 Å². The van der Waals surface area contributed by atoms with Gasteiger partial charge in [-0.2, -0.15) is 0 Å². The fraction of sp³-hybridized carbons (Fsp3) is 0.588. The van der Waals surface area contributed by atoms with Crippen LogP contribution in [0.5, 0.6) is 5.75 Å². The van der Waals surface area contributed by atoms with Crippen LogP contribution >= 0.6 is 0 Å². The van der Waals surface area contributed by atoms with Crippen molar-refractivity contribution in [3.05, 3.63) is 29.3 Å². The molecule has 0 saturated heterocycles. The number of ketones is 1. The molecule has 0 aliphatic heterocycles. The monoisotopic (exact) mass is 260 g/mol. The molecule has 0 bridgehead atoms. The Bertz CT molecular complexity index is 490. The Hall–Kier alpha value is -1.31. The van der Waals surface area contributed by atoms with Crippen LogP contribution in [-0.4, -0.2) is 11.9 Å².